The van der Waals surface area contributed by atoms with Crippen LogP contribution in [0.15, 0.2) is 18.3 Å². The Morgan fingerprint density at radius 1 is 1.27 bits per heavy atom. The summed E-state index contributed by atoms with van der Waals surface area (Å²) in [5, 5.41) is 3.32. The van der Waals surface area contributed by atoms with Crippen molar-refractivity contribution < 1.29 is 4.79 Å². The summed E-state index contributed by atoms with van der Waals surface area (Å²) in [5.74, 6) is 1.82. The number of hydrogen-bond donors (Lipinski definition) is 2. The summed E-state index contributed by atoms with van der Waals surface area (Å²) in [4.78, 5) is 22.6. The molecule has 2 fully saturated rings. The maximum atomic E-state index is 13.0. The highest BCUT2D eigenvalue weighted by atomic mass is 16.1. The Kier molecular flexibility index (Phi) is 6.42. The minimum Gasteiger partial charge on any atom is -0.353 e. The van der Waals surface area contributed by atoms with Crippen LogP contribution in [0.5, 0.6) is 0 Å². The summed E-state index contributed by atoms with van der Waals surface area (Å²) in [7, 11) is 0. The molecule has 6 heteroatoms. The monoisotopic (exact) mass is 411 g/mol. The zero-order chi connectivity index (χ0) is 21.1. The van der Waals surface area contributed by atoms with Crippen LogP contribution in [0.2, 0.25) is 0 Å². The fraction of sp³-hybridized carbons (Fsp3) is 0.708. The Labute approximate surface area is 180 Å². The number of carbonyl (C=O) groups excluding carboxylic acids is 1. The molecule has 4 rings (SSSR count). The maximum absolute atomic E-state index is 13.0. The second kappa shape index (κ2) is 9.04. The first kappa shape index (κ1) is 21.3. The van der Waals surface area contributed by atoms with E-state index in [1.54, 1.807) is 0 Å². The van der Waals surface area contributed by atoms with Crippen molar-refractivity contribution in [2.75, 3.05) is 0 Å². The molecule has 30 heavy (non-hydrogen) atoms. The average Bonchev–Trinajstić information content (AvgIpc) is 3.28. The number of nitrogens with one attached hydrogen (secondary N) is 1. The van der Waals surface area contributed by atoms with E-state index >= 15 is 0 Å². The lowest BCUT2D eigenvalue weighted by molar-refractivity contribution is -0.124. The Hall–Kier alpha value is -1.95. The molecule has 2 aliphatic rings. The zero-order valence-corrected chi connectivity index (χ0v) is 18.6. The van der Waals surface area contributed by atoms with Gasteiger partial charge in [-0.3, -0.25) is 4.79 Å². The van der Waals surface area contributed by atoms with E-state index in [0.29, 0.717) is 24.4 Å². The van der Waals surface area contributed by atoms with Crippen LogP contribution in [0.4, 0.5) is 0 Å². The minimum absolute atomic E-state index is 0.0191. The molecular formula is C24H37N5O. The van der Waals surface area contributed by atoms with Crippen LogP contribution in [-0.4, -0.2) is 32.5 Å². The Morgan fingerprint density at radius 2 is 2.00 bits per heavy atom. The molecule has 2 aromatic rings. The number of nitrogens with two attached hydrogens (primary N) is 1. The van der Waals surface area contributed by atoms with Gasteiger partial charge in [0.2, 0.25) is 5.91 Å². The Morgan fingerprint density at radius 3 is 2.70 bits per heavy atom. The van der Waals surface area contributed by atoms with Crippen molar-refractivity contribution >= 4 is 17.1 Å². The molecule has 2 aromatic heterocycles. The van der Waals surface area contributed by atoms with Crippen LogP contribution < -0.4 is 11.1 Å². The fourth-order valence-electron chi connectivity index (χ4n) is 5.46. The van der Waals surface area contributed by atoms with Gasteiger partial charge in [0.1, 0.15) is 11.3 Å². The summed E-state index contributed by atoms with van der Waals surface area (Å²) in [6.07, 6.45) is 12.0. The van der Waals surface area contributed by atoms with Gasteiger partial charge in [-0.2, -0.15) is 0 Å². The van der Waals surface area contributed by atoms with Crippen LogP contribution >= 0.6 is 0 Å². The molecule has 2 heterocycles. The molecule has 3 N–H and O–H groups in total. The van der Waals surface area contributed by atoms with Gasteiger partial charge in [0.15, 0.2) is 5.65 Å². The Bertz CT molecular complexity index is 860. The topological polar surface area (TPSA) is 85.8 Å². The number of aromatic nitrogens is 3. The Balaban J connectivity index is 1.51. The number of fused-ring (bicyclic) bond motifs is 1. The van der Waals surface area contributed by atoms with Crippen molar-refractivity contribution in [2.24, 2.45) is 17.1 Å². The number of imidazole rings is 1. The molecule has 2 saturated carbocycles. The summed E-state index contributed by atoms with van der Waals surface area (Å²) < 4.78 is 2.29. The second-order valence-electron chi connectivity index (χ2n) is 10.1. The van der Waals surface area contributed by atoms with Crippen LogP contribution in [0, 0.1) is 11.3 Å². The fourth-order valence-corrected chi connectivity index (χ4v) is 5.46. The van der Waals surface area contributed by atoms with E-state index in [1.165, 1.54) is 12.8 Å². The van der Waals surface area contributed by atoms with Gasteiger partial charge >= 0.3 is 0 Å². The largest absolute Gasteiger partial charge is 0.353 e. The van der Waals surface area contributed by atoms with Gasteiger partial charge in [0, 0.05) is 37.7 Å². The molecule has 0 spiro atoms. The van der Waals surface area contributed by atoms with Gasteiger partial charge in [-0.05, 0) is 62.0 Å². The molecule has 0 radical (unpaired) electrons. The van der Waals surface area contributed by atoms with Crippen molar-refractivity contribution in [3.63, 3.8) is 0 Å². The van der Waals surface area contributed by atoms with Crippen molar-refractivity contribution in [1.82, 2.24) is 19.9 Å². The minimum atomic E-state index is 0.0191. The van der Waals surface area contributed by atoms with Gasteiger partial charge in [-0.25, -0.2) is 9.97 Å². The number of rotatable bonds is 7. The molecule has 0 aliphatic heterocycles. The number of carbonyl (C=O) groups is 1. The molecule has 0 atom stereocenters. The summed E-state index contributed by atoms with van der Waals surface area (Å²) in [5.41, 5.74) is 7.97. The normalized spacial score (nSPS) is 23.9. The lowest BCUT2D eigenvalue weighted by atomic mass is 9.78. The third-order valence-corrected chi connectivity index (χ3v) is 7.00. The van der Waals surface area contributed by atoms with Crippen molar-refractivity contribution in [3.8, 4) is 0 Å². The molecular weight excluding hydrogens is 374 g/mol. The molecule has 0 unspecified atom stereocenters. The van der Waals surface area contributed by atoms with E-state index in [9.17, 15) is 4.79 Å². The number of nitrogens with zero attached hydrogens (tertiary/aromatic N) is 3. The molecule has 0 saturated heterocycles. The third-order valence-electron chi connectivity index (χ3n) is 7.00. The first-order valence-corrected chi connectivity index (χ1v) is 11.8. The quantitative estimate of drug-likeness (QED) is 0.722. The van der Waals surface area contributed by atoms with Gasteiger partial charge in [-0.15, -0.1) is 0 Å². The lowest BCUT2D eigenvalue weighted by Gasteiger charge is -2.31. The predicted octanol–water partition coefficient (Wildman–Crippen LogP) is 3.97. The van der Waals surface area contributed by atoms with E-state index in [4.69, 9.17) is 10.7 Å². The van der Waals surface area contributed by atoms with Crippen LogP contribution in [-0.2, 0) is 17.8 Å². The maximum Gasteiger partial charge on any atom is 0.220 e. The summed E-state index contributed by atoms with van der Waals surface area (Å²) >= 11 is 0. The van der Waals surface area contributed by atoms with E-state index in [-0.39, 0.29) is 11.3 Å². The van der Waals surface area contributed by atoms with Crippen molar-refractivity contribution in [1.29, 1.82) is 0 Å². The van der Waals surface area contributed by atoms with Crippen molar-refractivity contribution in [2.45, 2.75) is 96.7 Å². The van der Waals surface area contributed by atoms with Gasteiger partial charge in [0.05, 0.1) is 0 Å². The first-order valence-electron chi connectivity index (χ1n) is 11.8. The smallest absolute Gasteiger partial charge is 0.220 e. The SMILES string of the molecule is CC(C)Cn1c(CC2(CC(=O)NC3CCC(N)CC3)CCCC2)nc2cccnc21. The highest BCUT2D eigenvalue weighted by Gasteiger charge is 2.38. The number of pyridine rings is 1. The molecule has 0 bridgehead atoms. The predicted molar refractivity (Wildman–Crippen MR) is 120 cm³/mol. The van der Waals surface area contributed by atoms with Gasteiger partial charge < -0.3 is 15.6 Å². The average molecular weight is 412 g/mol. The van der Waals surface area contributed by atoms with E-state index in [2.05, 4.69) is 28.7 Å². The molecule has 6 nitrogen and oxygen atoms in total. The standard InChI is InChI=1S/C24H37N5O/c1-17(2)16-29-21(28-20-6-5-13-26-23(20)29)14-24(11-3-4-12-24)15-22(30)27-19-9-7-18(25)8-10-19/h5-6,13,17-19H,3-4,7-12,14-16,25H2,1-2H3,(H,27,30). The van der Waals surface area contributed by atoms with Crippen LogP contribution in [0.25, 0.3) is 11.2 Å². The third kappa shape index (κ3) is 4.85. The van der Waals surface area contributed by atoms with E-state index in [0.717, 1.165) is 68.5 Å². The summed E-state index contributed by atoms with van der Waals surface area (Å²) in [6.45, 7) is 5.37. The first-order chi connectivity index (χ1) is 14.4. The molecule has 164 valence electrons. The molecule has 1 amide bonds. The van der Waals surface area contributed by atoms with Crippen LogP contribution in [0.1, 0.15) is 77.5 Å². The number of amides is 1. The summed E-state index contributed by atoms with van der Waals surface area (Å²) in [6, 6.07) is 4.60. The number of hydrogen-bond acceptors (Lipinski definition) is 4. The zero-order valence-electron chi connectivity index (χ0n) is 18.6. The van der Waals surface area contributed by atoms with Gasteiger partial charge in [0.25, 0.3) is 0 Å². The van der Waals surface area contributed by atoms with Gasteiger partial charge in [-0.1, -0.05) is 26.7 Å². The van der Waals surface area contributed by atoms with Crippen LogP contribution in [0.3, 0.4) is 0 Å². The van der Waals surface area contributed by atoms with Crippen molar-refractivity contribution in [3.05, 3.63) is 24.2 Å². The molecule has 2 aliphatic carbocycles. The van der Waals surface area contributed by atoms with E-state index < -0.39 is 0 Å². The highest BCUT2D eigenvalue weighted by molar-refractivity contribution is 5.77. The van der Waals surface area contributed by atoms with E-state index in [1.807, 2.05) is 18.3 Å². The lowest BCUT2D eigenvalue weighted by Crippen LogP contribution is -2.42. The highest BCUT2D eigenvalue weighted by Crippen LogP contribution is 2.44. The second-order valence-corrected chi connectivity index (χ2v) is 10.1. The molecule has 0 aromatic carbocycles.